The second-order valence-electron chi connectivity index (χ2n) is 5.78. The third-order valence-electron chi connectivity index (χ3n) is 2.83. The van der Waals surface area contributed by atoms with Gasteiger partial charge in [-0.15, -0.1) is 11.3 Å². The van der Waals surface area contributed by atoms with Crippen molar-refractivity contribution in [2.45, 2.75) is 33.3 Å². The quantitative estimate of drug-likeness (QED) is 0.757. The molecule has 3 nitrogen and oxygen atoms in total. The van der Waals surface area contributed by atoms with Crippen molar-refractivity contribution in [3.63, 3.8) is 0 Å². The maximum atomic E-state index is 12.5. The molecule has 0 saturated carbocycles. The molecule has 1 aromatic heterocycles. The van der Waals surface area contributed by atoms with Crippen LogP contribution in [0.4, 0.5) is 5.00 Å². The highest BCUT2D eigenvalue weighted by atomic mass is 79.9. The van der Waals surface area contributed by atoms with Crippen molar-refractivity contribution in [3.05, 3.63) is 39.2 Å². The Kier molecular flexibility index (Phi) is 4.44. The van der Waals surface area contributed by atoms with Gasteiger partial charge in [0, 0.05) is 14.9 Å². The van der Waals surface area contributed by atoms with Gasteiger partial charge >= 0.3 is 5.97 Å². The van der Waals surface area contributed by atoms with Gasteiger partial charge in [0.15, 0.2) is 0 Å². The number of hydrogen-bond acceptors (Lipinski definition) is 4. The zero-order valence-electron chi connectivity index (χ0n) is 12.5. The van der Waals surface area contributed by atoms with Gasteiger partial charge in [-0.05, 0) is 45.4 Å². The van der Waals surface area contributed by atoms with Crippen molar-refractivity contribution in [1.82, 2.24) is 0 Å². The number of thiophene rings is 1. The highest BCUT2D eigenvalue weighted by molar-refractivity contribution is 9.10. The first-order valence-corrected chi connectivity index (χ1v) is 8.18. The van der Waals surface area contributed by atoms with Gasteiger partial charge in [-0.1, -0.05) is 28.1 Å². The Morgan fingerprint density at radius 1 is 1.33 bits per heavy atom. The number of carbonyl (C=O) groups is 1. The minimum atomic E-state index is -0.548. The van der Waals surface area contributed by atoms with Crippen LogP contribution in [0, 0.1) is 6.92 Å². The number of halogens is 1. The maximum absolute atomic E-state index is 12.5. The number of nitrogens with two attached hydrogens (primary N) is 1. The van der Waals surface area contributed by atoms with Crippen LogP contribution in [0.25, 0.3) is 11.1 Å². The molecule has 0 fully saturated rings. The second-order valence-corrected chi connectivity index (χ2v) is 7.96. The molecule has 0 spiro atoms. The standard InChI is InChI=1S/C16H18BrNO2S/c1-9-12(10-6-5-7-11(17)8-10)13(14(18)21-9)15(19)20-16(2,3)4/h5-8H,18H2,1-4H3. The van der Waals surface area contributed by atoms with E-state index in [1.165, 1.54) is 11.3 Å². The van der Waals surface area contributed by atoms with E-state index < -0.39 is 5.60 Å². The fourth-order valence-electron chi connectivity index (χ4n) is 2.09. The monoisotopic (exact) mass is 367 g/mol. The molecule has 2 N–H and O–H groups in total. The predicted molar refractivity (Wildman–Crippen MR) is 91.8 cm³/mol. The zero-order valence-corrected chi connectivity index (χ0v) is 14.9. The molecule has 0 bridgehead atoms. The van der Waals surface area contributed by atoms with E-state index in [1.54, 1.807) is 0 Å². The van der Waals surface area contributed by atoms with E-state index in [-0.39, 0.29) is 5.97 Å². The Labute approximate surface area is 137 Å². The number of rotatable bonds is 2. The summed E-state index contributed by atoms with van der Waals surface area (Å²) in [6, 6.07) is 7.82. The molecule has 1 aromatic carbocycles. The van der Waals surface area contributed by atoms with Crippen LogP contribution in [0.5, 0.6) is 0 Å². The third-order valence-corrected chi connectivity index (χ3v) is 4.26. The maximum Gasteiger partial charge on any atom is 0.342 e. The SMILES string of the molecule is Cc1sc(N)c(C(=O)OC(C)(C)C)c1-c1cccc(Br)c1. The molecule has 0 unspecified atom stereocenters. The summed E-state index contributed by atoms with van der Waals surface area (Å²) in [5, 5.41) is 0.497. The first-order valence-electron chi connectivity index (χ1n) is 6.57. The summed E-state index contributed by atoms with van der Waals surface area (Å²) >= 11 is 4.87. The second kappa shape index (κ2) is 5.81. The zero-order chi connectivity index (χ0) is 15.8. The Morgan fingerprint density at radius 3 is 2.57 bits per heavy atom. The Bertz CT molecular complexity index is 686. The summed E-state index contributed by atoms with van der Waals surface area (Å²) in [5.74, 6) is -0.376. The van der Waals surface area contributed by atoms with E-state index in [0.29, 0.717) is 10.6 Å². The fraction of sp³-hybridized carbons (Fsp3) is 0.312. The number of anilines is 1. The minimum Gasteiger partial charge on any atom is -0.456 e. The number of carbonyl (C=O) groups excluding carboxylic acids is 1. The molecule has 0 radical (unpaired) electrons. The molecule has 112 valence electrons. The largest absolute Gasteiger partial charge is 0.456 e. The van der Waals surface area contributed by atoms with Gasteiger partial charge in [0.05, 0.1) is 0 Å². The number of hydrogen-bond donors (Lipinski definition) is 1. The Balaban J connectivity index is 2.55. The van der Waals surface area contributed by atoms with Crippen LogP contribution in [0.15, 0.2) is 28.7 Å². The molecule has 0 saturated heterocycles. The molecule has 2 rings (SSSR count). The van der Waals surface area contributed by atoms with Gasteiger partial charge in [-0.3, -0.25) is 0 Å². The van der Waals surface area contributed by atoms with Gasteiger partial charge in [-0.25, -0.2) is 4.79 Å². The molecule has 0 amide bonds. The molecule has 0 aliphatic carbocycles. The fourth-order valence-corrected chi connectivity index (χ4v) is 3.43. The van der Waals surface area contributed by atoms with Crippen LogP contribution in [0.3, 0.4) is 0 Å². The van der Waals surface area contributed by atoms with Crippen LogP contribution >= 0.6 is 27.3 Å². The molecule has 5 heteroatoms. The van der Waals surface area contributed by atoms with E-state index in [0.717, 1.165) is 20.5 Å². The lowest BCUT2D eigenvalue weighted by Crippen LogP contribution is -2.24. The van der Waals surface area contributed by atoms with Gasteiger partial charge in [0.1, 0.15) is 16.2 Å². The lowest BCUT2D eigenvalue weighted by atomic mass is 10.0. The first-order chi connectivity index (χ1) is 9.69. The predicted octanol–water partition coefficient (Wildman–Crippen LogP) is 5.02. The lowest BCUT2D eigenvalue weighted by molar-refractivity contribution is 0.00721. The molecule has 2 aromatic rings. The molecule has 1 heterocycles. The Morgan fingerprint density at radius 2 is 2.00 bits per heavy atom. The highest BCUT2D eigenvalue weighted by Gasteiger charge is 2.26. The minimum absolute atomic E-state index is 0.376. The first kappa shape index (κ1) is 16.0. The van der Waals surface area contributed by atoms with E-state index in [1.807, 2.05) is 52.0 Å². The van der Waals surface area contributed by atoms with Crippen molar-refractivity contribution in [2.24, 2.45) is 0 Å². The number of ether oxygens (including phenoxy) is 1. The van der Waals surface area contributed by atoms with Crippen LogP contribution in [0.2, 0.25) is 0 Å². The molecular weight excluding hydrogens is 350 g/mol. The van der Waals surface area contributed by atoms with Crippen LogP contribution in [0.1, 0.15) is 36.0 Å². The van der Waals surface area contributed by atoms with Crippen molar-refractivity contribution >= 4 is 38.2 Å². The average molecular weight is 368 g/mol. The van der Waals surface area contributed by atoms with Crippen molar-refractivity contribution in [1.29, 1.82) is 0 Å². The number of aryl methyl sites for hydroxylation is 1. The van der Waals surface area contributed by atoms with Crippen molar-refractivity contribution < 1.29 is 9.53 Å². The number of nitrogen functional groups attached to an aromatic ring is 1. The molecule has 21 heavy (non-hydrogen) atoms. The Hall–Kier alpha value is -1.33. The lowest BCUT2D eigenvalue weighted by Gasteiger charge is -2.20. The topological polar surface area (TPSA) is 52.3 Å². The van der Waals surface area contributed by atoms with Crippen LogP contribution in [-0.2, 0) is 4.74 Å². The molecule has 0 aliphatic heterocycles. The molecule has 0 atom stereocenters. The summed E-state index contributed by atoms with van der Waals surface area (Å²) < 4.78 is 6.44. The van der Waals surface area contributed by atoms with E-state index in [4.69, 9.17) is 10.5 Å². The van der Waals surface area contributed by atoms with Gasteiger partial charge in [0.2, 0.25) is 0 Å². The summed E-state index contributed by atoms with van der Waals surface area (Å²) in [6.45, 7) is 7.50. The van der Waals surface area contributed by atoms with E-state index >= 15 is 0 Å². The third kappa shape index (κ3) is 3.66. The molecular formula is C16H18BrNO2S. The van der Waals surface area contributed by atoms with Gasteiger partial charge in [0.25, 0.3) is 0 Å². The van der Waals surface area contributed by atoms with E-state index in [2.05, 4.69) is 15.9 Å². The van der Waals surface area contributed by atoms with Gasteiger partial charge in [-0.2, -0.15) is 0 Å². The highest BCUT2D eigenvalue weighted by Crippen LogP contribution is 2.39. The summed E-state index contributed by atoms with van der Waals surface area (Å²) in [5.41, 5.74) is 7.77. The number of esters is 1. The van der Waals surface area contributed by atoms with Crippen molar-refractivity contribution in [3.8, 4) is 11.1 Å². The normalized spacial score (nSPS) is 11.5. The summed E-state index contributed by atoms with van der Waals surface area (Å²) in [6.07, 6.45) is 0. The van der Waals surface area contributed by atoms with Crippen LogP contribution < -0.4 is 5.73 Å². The summed E-state index contributed by atoms with van der Waals surface area (Å²) in [7, 11) is 0. The van der Waals surface area contributed by atoms with Crippen LogP contribution in [-0.4, -0.2) is 11.6 Å². The summed E-state index contributed by atoms with van der Waals surface area (Å²) in [4.78, 5) is 13.5. The average Bonchev–Trinajstić information content (AvgIpc) is 2.62. The van der Waals surface area contributed by atoms with E-state index in [9.17, 15) is 4.79 Å². The van der Waals surface area contributed by atoms with Crippen molar-refractivity contribution in [2.75, 3.05) is 5.73 Å². The molecule has 0 aliphatic rings. The smallest absolute Gasteiger partial charge is 0.342 e. The number of benzene rings is 1. The van der Waals surface area contributed by atoms with Gasteiger partial charge < -0.3 is 10.5 Å².